The molecule has 0 aromatic heterocycles. The molecule has 2 aliphatic heterocycles. The van der Waals surface area contributed by atoms with Gasteiger partial charge < -0.3 is 30.5 Å². The average molecular weight is 522 g/mol. The minimum Gasteiger partial charge on any atom is -0.442 e. The van der Waals surface area contributed by atoms with Crippen LogP contribution >= 0.6 is 0 Å². The summed E-state index contributed by atoms with van der Waals surface area (Å²) >= 11 is 0. The third-order valence-corrected chi connectivity index (χ3v) is 7.93. The predicted octanol–water partition coefficient (Wildman–Crippen LogP) is 3.00. The molecule has 1 saturated carbocycles. The fraction of sp³-hybridized carbons (Fsp3) is 0.852. The lowest BCUT2D eigenvalue weighted by atomic mass is 9.85. The molecule has 3 fully saturated rings. The van der Waals surface area contributed by atoms with Crippen LogP contribution in [0.4, 0.5) is 9.59 Å². The highest BCUT2D eigenvalue weighted by Crippen LogP contribution is 2.36. The van der Waals surface area contributed by atoms with E-state index in [1.54, 1.807) is 9.80 Å². The third-order valence-electron chi connectivity index (χ3n) is 7.93. The SMILES string of the molecule is CC[C@@H](C)C(=O)N[C@H](C(=O)N1CC[C@@H]2[C@H]1[C@@H](OC(=O)NC1CCCC1)CN2C(=O)NC(C)C)C(C)(C)C. The summed E-state index contributed by atoms with van der Waals surface area (Å²) in [6.07, 6.45) is 4.15. The molecule has 0 unspecified atom stereocenters. The highest BCUT2D eigenvalue weighted by molar-refractivity contribution is 5.89. The van der Waals surface area contributed by atoms with E-state index in [0.717, 1.165) is 25.7 Å². The molecule has 0 spiro atoms. The van der Waals surface area contributed by atoms with E-state index in [2.05, 4.69) is 16.0 Å². The van der Waals surface area contributed by atoms with Crippen molar-refractivity contribution in [3.8, 4) is 0 Å². The van der Waals surface area contributed by atoms with Crippen LogP contribution in [0.15, 0.2) is 0 Å². The van der Waals surface area contributed by atoms with Crippen molar-refractivity contribution in [2.24, 2.45) is 11.3 Å². The second-order valence-corrected chi connectivity index (χ2v) is 12.3. The predicted molar refractivity (Wildman–Crippen MR) is 141 cm³/mol. The molecule has 5 amide bonds. The third kappa shape index (κ3) is 6.87. The Labute approximate surface area is 221 Å². The fourth-order valence-corrected chi connectivity index (χ4v) is 5.65. The zero-order valence-corrected chi connectivity index (χ0v) is 23.6. The molecule has 2 heterocycles. The molecule has 0 aromatic rings. The van der Waals surface area contributed by atoms with E-state index in [0.29, 0.717) is 19.4 Å². The number of fused-ring (bicyclic) bond motifs is 1. The molecule has 3 N–H and O–H groups in total. The van der Waals surface area contributed by atoms with Crippen LogP contribution in [0.3, 0.4) is 0 Å². The normalized spacial score (nSPS) is 25.6. The van der Waals surface area contributed by atoms with Crippen LogP contribution in [-0.2, 0) is 14.3 Å². The number of amides is 5. The first-order valence-electron chi connectivity index (χ1n) is 14.0. The molecule has 0 aromatic carbocycles. The number of urea groups is 1. The number of ether oxygens (including phenoxy) is 1. The van der Waals surface area contributed by atoms with Crippen LogP contribution in [0, 0.1) is 11.3 Å². The molecule has 0 bridgehead atoms. The lowest BCUT2D eigenvalue weighted by Crippen LogP contribution is -2.58. The number of nitrogens with zero attached hydrogens (tertiary/aromatic N) is 2. The Balaban J connectivity index is 1.83. The summed E-state index contributed by atoms with van der Waals surface area (Å²) in [5, 5.41) is 8.88. The molecule has 10 heteroatoms. The van der Waals surface area contributed by atoms with Gasteiger partial charge in [-0.2, -0.15) is 0 Å². The van der Waals surface area contributed by atoms with Gasteiger partial charge in [-0.1, -0.05) is 47.5 Å². The maximum Gasteiger partial charge on any atom is 0.407 e. The quantitative estimate of drug-likeness (QED) is 0.476. The molecule has 1 aliphatic carbocycles. The molecule has 210 valence electrons. The molecule has 3 rings (SSSR count). The van der Waals surface area contributed by atoms with Crippen molar-refractivity contribution in [2.75, 3.05) is 13.1 Å². The van der Waals surface area contributed by atoms with Gasteiger partial charge >= 0.3 is 12.1 Å². The van der Waals surface area contributed by atoms with Crippen molar-refractivity contribution < 1.29 is 23.9 Å². The molecular formula is C27H47N5O5. The zero-order chi connectivity index (χ0) is 27.5. The lowest BCUT2D eigenvalue weighted by Gasteiger charge is -2.37. The minimum absolute atomic E-state index is 0.0447. The number of rotatable bonds is 7. The number of nitrogens with one attached hydrogen (secondary N) is 3. The number of alkyl carbamates (subject to hydrolysis) is 1. The summed E-state index contributed by atoms with van der Waals surface area (Å²) in [4.78, 5) is 56.0. The number of likely N-dealkylation sites (tertiary alicyclic amines) is 2. The maximum atomic E-state index is 14.0. The van der Waals surface area contributed by atoms with Crippen LogP contribution in [0.2, 0.25) is 0 Å². The van der Waals surface area contributed by atoms with Gasteiger partial charge in [0.15, 0.2) is 0 Å². The zero-order valence-electron chi connectivity index (χ0n) is 23.6. The van der Waals surface area contributed by atoms with Gasteiger partial charge in [-0.25, -0.2) is 9.59 Å². The second kappa shape index (κ2) is 11.9. The monoisotopic (exact) mass is 521 g/mol. The van der Waals surface area contributed by atoms with E-state index in [1.807, 2.05) is 48.5 Å². The Morgan fingerprint density at radius 3 is 2.19 bits per heavy atom. The molecule has 3 aliphatic rings. The van der Waals surface area contributed by atoms with Crippen molar-refractivity contribution in [1.82, 2.24) is 25.8 Å². The first-order valence-corrected chi connectivity index (χ1v) is 14.0. The van der Waals surface area contributed by atoms with Gasteiger partial charge in [-0.3, -0.25) is 9.59 Å². The fourth-order valence-electron chi connectivity index (χ4n) is 5.65. The van der Waals surface area contributed by atoms with Gasteiger partial charge in [-0.15, -0.1) is 0 Å². The topological polar surface area (TPSA) is 120 Å². The standard InChI is InChI=1S/C27H47N5O5/c1-8-17(4)23(33)30-22(27(5,6)7)24(34)31-14-13-19-21(31)20(15-32(19)25(35)28-16(2)3)37-26(36)29-18-11-9-10-12-18/h16-22H,8-15H2,1-7H3,(H,28,35)(H,29,36)(H,30,33)/t17-,19-,20+,21+,22-/m1/s1. The van der Waals surface area contributed by atoms with E-state index in [4.69, 9.17) is 4.74 Å². The first kappa shape index (κ1) is 29.0. The summed E-state index contributed by atoms with van der Waals surface area (Å²) < 4.78 is 5.90. The van der Waals surface area contributed by atoms with E-state index in [-0.39, 0.29) is 48.4 Å². The smallest absolute Gasteiger partial charge is 0.407 e. The van der Waals surface area contributed by atoms with Crippen LogP contribution < -0.4 is 16.0 Å². The van der Waals surface area contributed by atoms with E-state index in [9.17, 15) is 19.2 Å². The Morgan fingerprint density at radius 2 is 1.62 bits per heavy atom. The van der Waals surface area contributed by atoms with E-state index >= 15 is 0 Å². The lowest BCUT2D eigenvalue weighted by molar-refractivity contribution is -0.142. The maximum absolute atomic E-state index is 14.0. The van der Waals surface area contributed by atoms with Gasteiger partial charge in [0.2, 0.25) is 11.8 Å². The Bertz CT molecular complexity index is 851. The summed E-state index contributed by atoms with van der Waals surface area (Å²) in [5.41, 5.74) is -0.526. The van der Waals surface area contributed by atoms with Gasteiger partial charge in [0.1, 0.15) is 12.1 Å². The Hall–Kier alpha value is -2.52. The van der Waals surface area contributed by atoms with Crippen LogP contribution in [-0.4, -0.2) is 83.1 Å². The summed E-state index contributed by atoms with van der Waals surface area (Å²) in [6.45, 7) is 14.0. The Morgan fingerprint density at radius 1 is 0.973 bits per heavy atom. The van der Waals surface area contributed by atoms with Crippen LogP contribution in [0.5, 0.6) is 0 Å². The number of hydrogen-bond donors (Lipinski definition) is 3. The summed E-state index contributed by atoms with van der Waals surface area (Å²) in [5.74, 6) is -0.562. The van der Waals surface area contributed by atoms with Crippen molar-refractivity contribution in [3.63, 3.8) is 0 Å². The molecule has 0 radical (unpaired) electrons. The number of carbonyl (C=O) groups is 4. The summed E-state index contributed by atoms with van der Waals surface area (Å²) in [6, 6.07) is -1.63. The summed E-state index contributed by atoms with van der Waals surface area (Å²) in [7, 11) is 0. The average Bonchev–Trinajstić information content (AvgIpc) is 3.53. The molecular weight excluding hydrogens is 474 g/mol. The van der Waals surface area contributed by atoms with Crippen LogP contribution in [0.1, 0.15) is 87.0 Å². The van der Waals surface area contributed by atoms with E-state index in [1.165, 1.54) is 0 Å². The molecule has 5 atom stereocenters. The molecule has 2 saturated heterocycles. The van der Waals surface area contributed by atoms with Gasteiger partial charge in [-0.05, 0) is 44.9 Å². The second-order valence-electron chi connectivity index (χ2n) is 12.3. The highest BCUT2D eigenvalue weighted by Gasteiger charge is 2.55. The van der Waals surface area contributed by atoms with Crippen molar-refractivity contribution in [2.45, 2.75) is 123 Å². The van der Waals surface area contributed by atoms with Gasteiger partial charge in [0.25, 0.3) is 0 Å². The largest absolute Gasteiger partial charge is 0.442 e. The molecule has 37 heavy (non-hydrogen) atoms. The Kier molecular flexibility index (Phi) is 9.34. The first-order chi connectivity index (χ1) is 17.3. The van der Waals surface area contributed by atoms with Crippen molar-refractivity contribution in [1.29, 1.82) is 0 Å². The van der Waals surface area contributed by atoms with Gasteiger partial charge in [0, 0.05) is 24.5 Å². The minimum atomic E-state index is -0.737. The number of hydrogen-bond acceptors (Lipinski definition) is 5. The van der Waals surface area contributed by atoms with Crippen LogP contribution in [0.25, 0.3) is 0 Å². The van der Waals surface area contributed by atoms with E-state index < -0.39 is 29.7 Å². The molecule has 10 nitrogen and oxygen atoms in total. The van der Waals surface area contributed by atoms with Crippen molar-refractivity contribution in [3.05, 3.63) is 0 Å². The number of carbonyl (C=O) groups excluding carboxylic acids is 4. The van der Waals surface area contributed by atoms with Gasteiger partial charge in [0.05, 0.1) is 18.6 Å². The highest BCUT2D eigenvalue weighted by atomic mass is 16.6. The van der Waals surface area contributed by atoms with Crippen molar-refractivity contribution >= 4 is 23.9 Å².